The quantitative estimate of drug-likeness (QED) is 0.461. The van der Waals surface area contributed by atoms with Gasteiger partial charge in [0, 0.05) is 32.0 Å². The summed E-state index contributed by atoms with van der Waals surface area (Å²) in [7, 11) is 0. The summed E-state index contributed by atoms with van der Waals surface area (Å²) in [5, 5.41) is 16.9. The Labute approximate surface area is 198 Å². The number of nitrogens with one attached hydrogen (secondary N) is 1. The van der Waals surface area contributed by atoms with Crippen molar-refractivity contribution in [1.29, 1.82) is 0 Å². The third kappa shape index (κ3) is 4.99. The maximum absolute atomic E-state index is 14.5. The van der Waals surface area contributed by atoms with Crippen LogP contribution in [0.2, 0.25) is 0 Å². The van der Waals surface area contributed by atoms with Gasteiger partial charge in [-0.1, -0.05) is 13.0 Å². The summed E-state index contributed by atoms with van der Waals surface area (Å²) in [6.07, 6.45) is 4.34. The summed E-state index contributed by atoms with van der Waals surface area (Å²) in [5.74, 6) is -0.862. The predicted octanol–water partition coefficient (Wildman–Crippen LogP) is 4.89. The molecule has 3 aromatic rings. The lowest BCUT2D eigenvalue weighted by Gasteiger charge is -2.36. The van der Waals surface area contributed by atoms with Crippen molar-refractivity contribution in [2.45, 2.75) is 58.4 Å². The van der Waals surface area contributed by atoms with Crippen molar-refractivity contribution < 1.29 is 19.0 Å². The molecule has 0 bridgehead atoms. The van der Waals surface area contributed by atoms with E-state index in [2.05, 4.69) is 33.3 Å². The normalized spacial score (nSPS) is 15.4. The van der Waals surface area contributed by atoms with Gasteiger partial charge >= 0.3 is 5.97 Å². The van der Waals surface area contributed by atoms with Gasteiger partial charge in [-0.2, -0.15) is 5.10 Å². The highest BCUT2D eigenvalue weighted by Crippen LogP contribution is 2.36. The molecule has 1 fully saturated rings. The molecule has 1 saturated heterocycles. The summed E-state index contributed by atoms with van der Waals surface area (Å²) in [4.78, 5) is 18.2. The van der Waals surface area contributed by atoms with E-state index in [1.165, 1.54) is 4.52 Å². The van der Waals surface area contributed by atoms with Crippen molar-refractivity contribution in [3.05, 3.63) is 47.5 Å². The smallest absolute Gasteiger partial charge is 0.303 e. The van der Waals surface area contributed by atoms with Crippen molar-refractivity contribution in [3.63, 3.8) is 0 Å². The average molecular weight is 470 g/mol. The molecule has 182 valence electrons. The molecule has 0 radical (unpaired) electrons. The molecule has 8 nitrogen and oxygen atoms in total. The molecule has 9 heteroatoms. The molecule has 0 saturated carbocycles. The lowest BCUT2D eigenvalue weighted by Crippen LogP contribution is -2.39. The first-order chi connectivity index (χ1) is 16.4. The first-order valence-electron chi connectivity index (χ1n) is 11.9. The van der Waals surface area contributed by atoms with Crippen LogP contribution in [-0.4, -0.2) is 51.5 Å². The lowest BCUT2D eigenvalue weighted by molar-refractivity contribution is -0.137. The average Bonchev–Trinajstić information content (AvgIpc) is 3.12. The largest absolute Gasteiger partial charge is 0.481 e. The number of rotatable bonds is 9. The zero-order valence-corrected chi connectivity index (χ0v) is 19.9. The van der Waals surface area contributed by atoms with E-state index >= 15 is 0 Å². The minimum absolute atomic E-state index is 0.0667. The van der Waals surface area contributed by atoms with Gasteiger partial charge in [0.2, 0.25) is 0 Å². The molecule has 0 aliphatic carbocycles. The molecule has 34 heavy (non-hydrogen) atoms. The van der Waals surface area contributed by atoms with E-state index in [0.29, 0.717) is 24.0 Å². The van der Waals surface area contributed by atoms with Crippen LogP contribution >= 0.6 is 0 Å². The maximum atomic E-state index is 14.5. The first-order valence-corrected chi connectivity index (χ1v) is 11.9. The number of hydrogen-bond donors (Lipinski definition) is 2. The number of benzene rings is 1. The third-order valence-electron chi connectivity index (χ3n) is 6.54. The van der Waals surface area contributed by atoms with Crippen molar-refractivity contribution in [1.82, 2.24) is 14.6 Å². The highest BCUT2D eigenvalue weighted by molar-refractivity contribution is 5.76. The maximum Gasteiger partial charge on any atom is 0.303 e. The number of carboxylic acid groups (broad SMARTS) is 1. The Morgan fingerprint density at radius 1 is 1.32 bits per heavy atom. The van der Waals surface area contributed by atoms with Gasteiger partial charge in [0.25, 0.3) is 0 Å². The number of fused-ring (bicyclic) bond motifs is 1. The molecule has 0 amide bonds. The second kappa shape index (κ2) is 10.4. The topological polar surface area (TPSA) is 92.0 Å². The van der Waals surface area contributed by atoms with Crippen LogP contribution in [0.1, 0.15) is 56.7 Å². The van der Waals surface area contributed by atoms with Crippen LogP contribution in [0.5, 0.6) is 0 Å². The Morgan fingerprint density at radius 3 is 2.76 bits per heavy atom. The van der Waals surface area contributed by atoms with E-state index in [1.54, 1.807) is 19.2 Å². The molecule has 1 aliphatic heterocycles. The standard InChI is InChI=1S/C25H32FN5O3/c1-4-17(15-23(32)33)18-6-7-21(30(5-2)19-9-12-34-13-10-19)20(14-18)27-22-8-11-31-25(28-22)24(26)16(3)29-31/h6-8,11,14,17,19H,4-5,9-10,12-13,15H2,1-3H3,(H,27,28)(H,32,33)/t17-/m0/s1. The first kappa shape index (κ1) is 23.9. The Balaban J connectivity index is 1.75. The molecule has 1 atom stereocenters. The van der Waals surface area contributed by atoms with Crippen LogP contribution < -0.4 is 10.2 Å². The number of ether oxygens (including phenoxy) is 1. The van der Waals surface area contributed by atoms with E-state index in [9.17, 15) is 14.3 Å². The van der Waals surface area contributed by atoms with E-state index in [0.717, 1.165) is 49.5 Å². The van der Waals surface area contributed by atoms with Gasteiger partial charge in [0.05, 0.1) is 23.5 Å². The molecular formula is C25H32FN5O3. The van der Waals surface area contributed by atoms with Gasteiger partial charge in [0.15, 0.2) is 11.5 Å². The van der Waals surface area contributed by atoms with Crippen LogP contribution in [-0.2, 0) is 9.53 Å². The van der Waals surface area contributed by atoms with Crippen molar-refractivity contribution in [2.24, 2.45) is 0 Å². The van der Waals surface area contributed by atoms with Gasteiger partial charge < -0.3 is 20.1 Å². The van der Waals surface area contributed by atoms with Crippen LogP contribution in [0.15, 0.2) is 30.5 Å². The van der Waals surface area contributed by atoms with Crippen LogP contribution in [0.4, 0.5) is 21.6 Å². The van der Waals surface area contributed by atoms with Gasteiger partial charge in [-0.3, -0.25) is 4.79 Å². The molecule has 1 aromatic carbocycles. The second-order valence-corrected chi connectivity index (χ2v) is 8.71. The number of carbonyl (C=O) groups is 1. The van der Waals surface area contributed by atoms with E-state index in [1.807, 2.05) is 19.1 Å². The Bertz CT molecular complexity index is 1160. The summed E-state index contributed by atoms with van der Waals surface area (Å²) in [6.45, 7) is 8.01. The summed E-state index contributed by atoms with van der Waals surface area (Å²) < 4.78 is 21.5. The van der Waals surface area contributed by atoms with Crippen LogP contribution in [0.3, 0.4) is 0 Å². The number of anilines is 3. The van der Waals surface area contributed by atoms with Crippen LogP contribution in [0, 0.1) is 12.7 Å². The SMILES string of the molecule is CC[C@@H](CC(=O)O)c1ccc(N(CC)C2CCOCC2)c(Nc2ccn3nc(C)c(F)c3n2)c1. The molecule has 0 unspecified atom stereocenters. The summed E-state index contributed by atoms with van der Waals surface area (Å²) in [6, 6.07) is 8.20. The minimum Gasteiger partial charge on any atom is -0.481 e. The van der Waals surface area contributed by atoms with E-state index in [-0.39, 0.29) is 18.0 Å². The molecule has 0 spiro atoms. The van der Waals surface area contributed by atoms with Crippen molar-refractivity contribution in [3.8, 4) is 0 Å². The predicted molar refractivity (Wildman–Crippen MR) is 130 cm³/mol. The molecule has 1 aliphatic rings. The number of aryl methyl sites for hydroxylation is 1. The number of hydrogen-bond acceptors (Lipinski definition) is 6. The zero-order valence-electron chi connectivity index (χ0n) is 19.9. The molecule has 3 heterocycles. The van der Waals surface area contributed by atoms with Gasteiger partial charge in [-0.15, -0.1) is 0 Å². The molecular weight excluding hydrogens is 437 g/mol. The fraction of sp³-hybridized carbons (Fsp3) is 0.480. The number of nitrogens with zero attached hydrogens (tertiary/aromatic N) is 4. The summed E-state index contributed by atoms with van der Waals surface area (Å²) >= 11 is 0. The molecule has 4 rings (SSSR count). The fourth-order valence-corrected chi connectivity index (χ4v) is 4.71. The number of aromatic nitrogens is 3. The Hall–Kier alpha value is -3.20. The fourth-order valence-electron chi connectivity index (χ4n) is 4.71. The highest BCUT2D eigenvalue weighted by Gasteiger charge is 2.24. The van der Waals surface area contributed by atoms with Crippen molar-refractivity contribution in [2.75, 3.05) is 30.0 Å². The van der Waals surface area contributed by atoms with E-state index < -0.39 is 11.8 Å². The highest BCUT2D eigenvalue weighted by atomic mass is 19.1. The minimum atomic E-state index is -0.818. The summed E-state index contributed by atoms with van der Waals surface area (Å²) in [5.41, 5.74) is 3.24. The molecule has 2 aromatic heterocycles. The Kier molecular flexibility index (Phi) is 7.31. The molecule has 2 N–H and O–H groups in total. The van der Waals surface area contributed by atoms with E-state index in [4.69, 9.17) is 4.74 Å². The lowest BCUT2D eigenvalue weighted by atomic mass is 9.92. The number of halogens is 1. The van der Waals surface area contributed by atoms with Gasteiger partial charge in [-0.05, 0) is 62.8 Å². The third-order valence-corrected chi connectivity index (χ3v) is 6.54. The van der Waals surface area contributed by atoms with Gasteiger partial charge in [-0.25, -0.2) is 13.9 Å². The monoisotopic (exact) mass is 469 g/mol. The Morgan fingerprint density at radius 2 is 2.09 bits per heavy atom. The number of aliphatic carboxylic acids is 1. The second-order valence-electron chi connectivity index (χ2n) is 8.71. The van der Waals surface area contributed by atoms with Crippen LogP contribution in [0.25, 0.3) is 5.65 Å². The van der Waals surface area contributed by atoms with Gasteiger partial charge in [0.1, 0.15) is 5.82 Å². The van der Waals surface area contributed by atoms with Crippen molar-refractivity contribution >= 4 is 28.8 Å². The zero-order chi connectivity index (χ0) is 24.2. The number of carboxylic acids is 1.